The van der Waals surface area contributed by atoms with Crippen molar-refractivity contribution >= 4 is 11.6 Å². The molecule has 2 N–H and O–H groups in total. The molecular formula is C16H17NO3. The number of rotatable bonds is 4. The number of carbonyl (C=O) groups is 1. The van der Waals surface area contributed by atoms with Gasteiger partial charge in [-0.2, -0.15) is 0 Å². The Hall–Kier alpha value is -2.49. The standard InChI is InChI=1S/C16H17NO3/c1-11-9-13(5-8-15(11)18)17-16(19)10-12-3-6-14(20-2)7-4-12/h3-9,18H,10H2,1-2H3,(H,17,19). The molecule has 0 aromatic heterocycles. The number of ether oxygens (including phenoxy) is 1. The van der Waals surface area contributed by atoms with Gasteiger partial charge in [0.2, 0.25) is 5.91 Å². The van der Waals surface area contributed by atoms with Gasteiger partial charge in [0.25, 0.3) is 0 Å². The fourth-order valence-corrected chi connectivity index (χ4v) is 1.87. The quantitative estimate of drug-likeness (QED) is 0.841. The number of hydrogen-bond acceptors (Lipinski definition) is 3. The number of anilines is 1. The first-order chi connectivity index (χ1) is 9.58. The van der Waals surface area contributed by atoms with E-state index in [1.807, 2.05) is 24.3 Å². The minimum absolute atomic E-state index is 0.0970. The van der Waals surface area contributed by atoms with Crippen molar-refractivity contribution in [3.05, 3.63) is 53.6 Å². The molecule has 0 aliphatic rings. The van der Waals surface area contributed by atoms with E-state index in [9.17, 15) is 9.90 Å². The minimum atomic E-state index is -0.0970. The molecule has 4 nitrogen and oxygen atoms in total. The summed E-state index contributed by atoms with van der Waals surface area (Å²) in [7, 11) is 1.61. The lowest BCUT2D eigenvalue weighted by molar-refractivity contribution is -0.115. The monoisotopic (exact) mass is 271 g/mol. The highest BCUT2D eigenvalue weighted by Crippen LogP contribution is 2.20. The molecule has 0 spiro atoms. The van der Waals surface area contributed by atoms with Crippen LogP contribution in [0.15, 0.2) is 42.5 Å². The van der Waals surface area contributed by atoms with Crippen LogP contribution in [0.2, 0.25) is 0 Å². The van der Waals surface area contributed by atoms with E-state index < -0.39 is 0 Å². The Morgan fingerprint density at radius 2 is 1.90 bits per heavy atom. The van der Waals surface area contributed by atoms with Gasteiger partial charge in [-0.1, -0.05) is 12.1 Å². The van der Waals surface area contributed by atoms with Crippen molar-refractivity contribution in [2.45, 2.75) is 13.3 Å². The maximum atomic E-state index is 11.9. The summed E-state index contributed by atoms with van der Waals surface area (Å²) >= 11 is 0. The number of methoxy groups -OCH3 is 1. The molecular weight excluding hydrogens is 254 g/mol. The van der Waals surface area contributed by atoms with Gasteiger partial charge in [0.15, 0.2) is 0 Å². The molecule has 0 heterocycles. The third kappa shape index (κ3) is 3.51. The maximum Gasteiger partial charge on any atom is 0.228 e. The second-order valence-corrected chi connectivity index (χ2v) is 4.57. The first kappa shape index (κ1) is 13.9. The Labute approximate surface area is 118 Å². The Bertz CT molecular complexity index is 606. The van der Waals surface area contributed by atoms with Crippen LogP contribution < -0.4 is 10.1 Å². The zero-order chi connectivity index (χ0) is 14.5. The number of nitrogens with one attached hydrogen (secondary N) is 1. The van der Waals surface area contributed by atoms with Crippen LogP contribution in [0.1, 0.15) is 11.1 Å². The van der Waals surface area contributed by atoms with Crippen LogP contribution in [0.4, 0.5) is 5.69 Å². The van der Waals surface area contributed by atoms with E-state index in [2.05, 4.69) is 5.32 Å². The lowest BCUT2D eigenvalue weighted by atomic mass is 10.1. The molecule has 104 valence electrons. The van der Waals surface area contributed by atoms with Crippen molar-refractivity contribution in [2.24, 2.45) is 0 Å². The maximum absolute atomic E-state index is 11.9. The van der Waals surface area contributed by atoms with Crippen LogP contribution in [-0.4, -0.2) is 18.1 Å². The molecule has 20 heavy (non-hydrogen) atoms. The molecule has 0 saturated carbocycles. The second-order valence-electron chi connectivity index (χ2n) is 4.57. The predicted molar refractivity (Wildman–Crippen MR) is 78.2 cm³/mol. The number of carbonyl (C=O) groups excluding carboxylic acids is 1. The van der Waals surface area contributed by atoms with Gasteiger partial charge in [-0.05, 0) is 48.4 Å². The first-order valence-corrected chi connectivity index (χ1v) is 6.31. The van der Waals surface area contributed by atoms with Crippen molar-refractivity contribution in [1.82, 2.24) is 0 Å². The molecule has 0 aliphatic carbocycles. The smallest absolute Gasteiger partial charge is 0.228 e. The molecule has 0 radical (unpaired) electrons. The van der Waals surface area contributed by atoms with Gasteiger partial charge in [-0.15, -0.1) is 0 Å². The summed E-state index contributed by atoms with van der Waals surface area (Å²) in [5, 5.41) is 12.2. The predicted octanol–water partition coefficient (Wildman–Crippen LogP) is 2.89. The summed E-state index contributed by atoms with van der Waals surface area (Å²) in [6.07, 6.45) is 0.296. The van der Waals surface area contributed by atoms with Crippen LogP contribution >= 0.6 is 0 Å². The number of phenols is 1. The summed E-state index contributed by atoms with van der Waals surface area (Å²) < 4.78 is 5.07. The topological polar surface area (TPSA) is 58.6 Å². The number of aryl methyl sites for hydroxylation is 1. The molecule has 0 saturated heterocycles. The number of aromatic hydroxyl groups is 1. The van der Waals surface area contributed by atoms with E-state index in [0.29, 0.717) is 12.1 Å². The fraction of sp³-hybridized carbons (Fsp3) is 0.188. The largest absolute Gasteiger partial charge is 0.508 e. The zero-order valence-electron chi connectivity index (χ0n) is 11.5. The SMILES string of the molecule is COc1ccc(CC(=O)Nc2ccc(O)c(C)c2)cc1. The lowest BCUT2D eigenvalue weighted by Gasteiger charge is -2.07. The van der Waals surface area contributed by atoms with E-state index in [-0.39, 0.29) is 11.7 Å². The molecule has 0 aliphatic heterocycles. The lowest BCUT2D eigenvalue weighted by Crippen LogP contribution is -2.14. The van der Waals surface area contributed by atoms with E-state index >= 15 is 0 Å². The molecule has 0 fully saturated rings. The Kier molecular flexibility index (Phi) is 4.25. The normalized spacial score (nSPS) is 10.1. The van der Waals surface area contributed by atoms with Gasteiger partial charge < -0.3 is 15.2 Å². The van der Waals surface area contributed by atoms with Crippen LogP contribution in [0.25, 0.3) is 0 Å². The summed E-state index contributed by atoms with van der Waals surface area (Å²) in [4.78, 5) is 11.9. The van der Waals surface area contributed by atoms with Gasteiger partial charge >= 0.3 is 0 Å². The molecule has 0 bridgehead atoms. The average Bonchev–Trinajstić information content (AvgIpc) is 2.44. The van der Waals surface area contributed by atoms with Gasteiger partial charge in [0.05, 0.1) is 13.5 Å². The van der Waals surface area contributed by atoms with Gasteiger partial charge in [0.1, 0.15) is 11.5 Å². The van der Waals surface area contributed by atoms with Crippen molar-refractivity contribution in [3.63, 3.8) is 0 Å². The summed E-state index contributed by atoms with van der Waals surface area (Å²) in [6.45, 7) is 1.79. The van der Waals surface area contributed by atoms with Gasteiger partial charge in [-0.3, -0.25) is 4.79 Å². The summed E-state index contributed by atoms with van der Waals surface area (Å²) in [5.41, 5.74) is 2.32. The molecule has 4 heteroatoms. The zero-order valence-corrected chi connectivity index (χ0v) is 11.5. The Balaban J connectivity index is 1.99. The van der Waals surface area contributed by atoms with E-state index in [1.165, 1.54) is 0 Å². The van der Waals surface area contributed by atoms with E-state index in [4.69, 9.17) is 4.74 Å². The van der Waals surface area contributed by atoms with E-state index in [1.54, 1.807) is 32.2 Å². The molecule has 2 aromatic carbocycles. The highest BCUT2D eigenvalue weighted by atomic mass is 16.5. The van der Waals surface area contributed by atoms with Crippen LogP contribution in [0.5, 0.6) is 11.5 Å². The molecule has 1 amide bonds. The Morgan fingerprint density at radius 1 is 1.20 bits per heavy atom. The minimum Gasteiger partial charge on any atom is -0.508 e. The fourth-order valence-electron chi connectivity index (χ4n) is 1.87. The molecule has 0 atom stereocenters. The first-order valence-electron chi connectivity index (χ1n) is 6.31. The summed E-state index contributed by atoms with van der Waals surface area (Å²) in [6, 6.07) is 12.4. The highest BCUT2D eigenvalue weighted by molar-refractivity contribution is 5.92. The van der Waals surface area contributed by atoms with Crippen molar-refractivity contribution in [2.75, 3.05) is 12.4 Å². The average molecular weight is 271 g/mol. The number of amides is 1. The molecule has 0 unspecified atom stereocenters. The third-order valence-corrected chi connectivity index (χ3v) is 3.00. The van der Waals surface area contributed by atoms with Gasteiger partial charge in [0, 0.05) is 5.69 Å². The highest BCUT2D eigenvalue weighted by Gasteiger charge is 2.05. The van der Waals surface area contributed by atoms with E-state index in [0.717, 1.165) is 16.9 Å². The van der Waals surface area contributed by atoms with Gasteiger partial charge in [-0.25, -0.2) is 0 Å². The van der Waals surface area contributed by atoms with Crippen molar-refractivity contribution < 1.29 is 14.6 Å². The number of phenolic OH excluding ortho intramolecular Hbond substituents is 1. The van der Waals surface area contributed by atoms with Crippen LogP contribution in [0.3, 0.4) is 0 Å². The molecule has 2 aromatic rings. The second kappa shape index (κ2) is 6.10. The van der Waals surface area contributed by atoms with Crippen molar-refractivity contribution in [3.8, 4) is 11.5 Å². The van der Waals surface area contributed by atoms with Crippen LogP contribution in [-0.2, 0) is 11.2 Å². The van der Waals surface area contributed by atoms with Crippen LogP contribution in [0, 0.1) is 6.92 Å². The third-order valence-electron chi connectivity index (χ3n) is 3.00. The molecule has 2 rings (SSSR count). The number of benzene rings is 2. The summed E-state index contributed by atoms with van der Waals surface area (Å²) in [5.74, 6) is 0.890. The Morgan fingerprint density at radius 3 is 2.50 bits per heavy atom. The van der Waals surface area contributed by atoms with Crippen molar-refractivity contribution in [1.29, 1.82) is 0 Å². The number of hydrogen-bond donors (Lipinski definition) is 2.